The highest BCUT2D eigenvalue weighted by atomic mass is 79.9. The summed E-state index contributed by atoms with van der Waals surface area (Å²) in [5.41, 5.74) is 2.11. The van der Waals surface area contributed by atoms with E-state index in [-0.39, 0.29) is 0 Å². The lowest BCUT2D eigenvalue weighted by molar-refractivity contribution is 0.215. The third kappa shape index (κ3) is 1.65. The maximum Gasteiger partial charge on any atom is 0.106 e. The fourth-order valence-electron chi connectivity index (χ4n) is 1.33. The van der Waals surface area contributed by atoms with Crippen molar-refractivity contribution in [1.82, 2.24) is 4.98 Å². The molecule has 0 fully saturated rings. The number of hydrogen-bond acceptors (Lipinski definition) is 2. The molecule has 0 atom stereocenters. The Kier molecular flexibility index (Phi) is 2.54. The number of nitrogens with one attached hydrogen (secondary N) is 1. The molecule has 1 aromatic carbocycles. The van der Waals surface area contributed by atoms with Crippen molar-refractivity contribution in [2.75, 3.05) is 7.11 Å². The van der Waals surface area contributed by atoms with Crippen molar-refractivity contribution >= 4 is 33.0 Å². The number of benzene rings is 1. The lowest BCUT2D eigenvalue weighted by atomic mass is 10.2. The Morgan fingerprint density at radius 3 is 3.14 bits per heavy atom. The molecule has 1 aromatic heterocycles. The summed E-state index contributed by atoms with van der Waals surface area (Å²) < 4.78 is 1.05. The van der Waals surface area contributed by atoms with Crippen LogP contribution < -0.4 is 0 Å². The number of rotatable bonds is 2. The van der Waals surface area contributed by atoms with Gasteiger partial charge in [0.05, 0.1) is 6.21 Å². The monoisotopic (exact) mass is 252 g/mol. The van der Waals surface area contributed by atoms with E-state index in [4.69, 9.17) is 0 Å². The van der Waals surface area contributed by atoms with Crippen molar-refractivity contribution in [1.29, 1.82) is 0 Å². The summed E-state index contributed by atoms with van der Waals surface area (Å²) in [5, 5.41) is 4.86. The summed E-state index contributed by atoms with van der Waals surface area (Å²) in [6, 6.07) is 6.06. The maximum atomic E-state index is 4.64. The molecule has 0 amide bonds. The summed E-state index contributed by atoms with van der Waals surface area (Å²) in [7, 11) is 1.53. The molecule has 14 heavy (non-hydrogen) atoms. The number of H-pyrrole nitrogens is 1. The van der Waals surface area contributed by atoms with Gasteiger partial charge in [-0.2, -0.15) is 0 Å². The average molecular weight is 253 g/mol. The lowest BCUT2D eigenvalue weighted by Gasteiger charge is -1.92. The number of aromatic amines is 1. The molecule has 4 heteroatoms. The Labute approximate surface area is 89.9 Å². The molecule has 0 unspecified atom stereocenters. The minimum absolute atomic E-state index is 1.02. The average Bonchev–Trinajstić information content (AvgIpc) is 2.57. The topological polar surface area (TPSA) is 37.4 Å². The maximum absolute atomic E-state index is 4.64. The number of aromatic nitrogens is 1. The van der Waals surface area contributed by atoms with E-state index in [1.165, 1.54) is 7.11 Å². The second-order valence-electron chi connectivity index (χ2n) is 2.85. The molecule has 0 saturated carbocycles. The summed E-state index contributed by atoms with van der Waals surface area (Å²) >= 11 is 3.43. The van der Waals surface area contributed by atoms with E-state index in [9.17, 15) is 0 Å². The minimum Gasteiger partial charge on any atom is -0.399 e. The van der Waals surface area contributed by atoms with Crippen LogP contribution >= 0.6 is 15.9 Å². The van der Waals surface area contributed by atoms with Gasteiger partial charge in [-0.15, -0.1) is 0 Å². The first-order valence-electron chi connectivity index (χ1n) is 4.14. The van der Waals surface area contributed by atoms with Crippen LogP contribution in [0.5, 0.6) is 0 Å². The van der Waals surface area contributed by atoms with E-state index in [2.05, 4.69) is 30.9 Å². The van der Waals surface area contributed by atoms with Crippen LogP contribution in [-0.4, -0.2) is 18.3 Å². The molecule has 0 radical (unpaired) electrons. The smallest absolute Gasteiger partial charge is 0.106 e. The molecular weight excluding hydrogens is 244 g/mol. The Hall–Kier alpha value is -1.29. The Bertz CT molecular complexity index is 476. The zero-order valence-corrected chi connectivity index (χ0v) is 9.21. The first-order chi connectivity index (χ1) is 6.81. The van der Waals surface area contributed by atoms with Crippen LogP contribution in [0.1, 0.15) is 5.56 Å². The largest absolute Gasteiger partial charge is 0.399 e. The summed E-state index contributed by atoms with van der Waals surface area (Å²) in [4.78, 5) is 7.79. The predicted octanol–water partition coefficient (Wildman–Crippen LogP) is 2.91. The van der Waals surface area contributed by atoms with Gasteiger partial charge in [0.15, 0.2) is 0 Å². The van der Waals surface area contributed by atoms with Gasteiger partial charge in [-0.05, 0) is 18.2 Å². The van der Waals surface area contributed by atoms with E-state index in [1.54, 1.807) is 6.21 Å². The number of oxime groups is 1. The Morgan fingerprint density at radius 1 is 1.50 bits per heavy atom. The first-order valence-corrected chi connectivity index (χ1v) is 4.94. The highest BCUT2D eigenvalue weighted by Crippen LogP contribution is 2.21. The second kappa shape index (κ2) is 3.84. The zero-order valence-electron chi connectivity index (χ0n) is 7.62. The van der Waals surface area contributed by atoms with Gasteiger partial charge in [0, 0.05) is 27.1 Å². The summed E-state index contributed by atoms with van der Waals surface area (Å²) in [6.45, 7) is 0. The van der Waals surface area contributed by atoms with Crippen molar-refractivity contribution < 1.29 is 4.84 Å². The van der Waals surface area contributed by atoms with Gasteiger partial charge in [0.25, 0.3) is 0 Å². The number of hydrogen-bond donors (Lipinski definition) is 1. The molecule has 1 N–H and O–H groups in total. The van der Waals surface area contributed by atoms with Crippen LogP contribution in [0.15, 0.2) is 34.0 Å². The van der Waals surface area contributed by atoms with Gasteiger partial charge in [0.2, 0.25) is 0 Å². The van der Waals surface area contributed by atoms with Crippen molar-refractivity contribution in [3.05, 3.63) is 34.4 Å². The molecule has 0 aliphatic heterocycles. The Balaban J connectivity index is 2.55. The normalized spacial score (nSPS) is 11.3. The van der Waals surface area contributed by atoms with Crippen LogP contribution in [0.3, 0.4) is 0 Å². The zero-order chi connectivity index (χ0) is 9.97. The predicted molar refractivity (Wildman–Crippen MR) is 60.6 cm³/mol. The van der Waals surface area contributed by atoms with Crippen molar-refractivity contribution in [3.63, 3.8) is 0 Å². The van der Waals surface area contributed by atoms with E-state index in [0.717, 1.165) is 20.9 Å². The SMILES string of the molecule is CON=Cc1c[nH]c2ccc(Br)cc12. The second-order valence-corrected chi connectivity index (χ2v) is 3.77. The minimum atomic E-state index is 1.02. The molecule has 0 spiro atoms. The molecule has 0 aliphatic carbocycles. The first kappa shape index (κ1) is 9.27. The van der Waals surface area contributed by atoms with Crippen molar-refractivity contribution in [2.24, 2.45) is 5.16 Å². The molecule has 72 valence electrons. The van der Waals surface area contributed by atoms with Crippen LogP contribution in [0.2, 0.25) is 0 Å². The fourth-order valence-corrected chi connectivity index (χ4v) is 1.69. The van der Waals surface area contributed by atoms with E-state index >= 15 is 0 Å². The van der Waals surface area contributed by atoms with Gasteiger partial charge >= 0.3 is 0 Å². The highest BCUT2D eigenvalue weighted by Gasteiger charge is 2.01. The highest BCUT2D eigenvalue weighted by molar-refractivity contribution is 9.10. The third-order valence-electron chi connectivity index (χ3n) is 1.97. The van der Waals surface area contributed by atoms with Crippen molar-refractivity contribution in [3.8, 4) is 0 Å². The molecule has 1 heterocycles. The van der Waals surface area contributed by atoms with Crippen LogP contribution in [-0.2, 0) is 4.84 Å². The van der Waals surface area contributed by atoms with Crippen LogP contribution in [0.25, 0.3) is 10.9 Å². The van der Waals surface area contributed by atoms with E-state index in [1.807, 2.05) is 24.4 Å². The van der Waals surface area contributed by atoms with E-state index in [0.29, 0.717) is 0 Å². The van der Waals surface area contributed by atoms with E-state index < -0.39 is 0 Å². The number of nitrogens with zero attached hydrogens (tertiary/aromatic N) is 1. The molecule has 2 aromatic rings. The van der Waals surface area contributed by atoms with Gasteiger partial charge < -0.3 is 9.82 Å². The quantitative estimate of drug-likeness (QED) is 0.648. The Morgan fingerprint density at radius 2 is 2.36 bits per heavy atom. The summed E-state index contributed by atoms with van der Waals surface area (Å²) in [5.74, 6) is 0. The van der Waals surface area contributed by atoms with Crippen LogP contribution in [0.4, 0.5) is 0 Å². The lowest BCUT2D eigenvalue weighted by Crippen LogP contribution is -1.78. The van der Waals surface area contributed by atoms with Gasteiger partial charge in [0.1, 0.15) is 7.11 Å². The van der Waals surface area contributed by atoms with Gasteiger partial charge in [-0.25, -0.2) is 0 Å². The van der Waals surface area contributed by atoms with Gasteiger partial charge in [-0.1, -0.05) is 21.1 Å². The molecule has 0 bridgehead atoms. The van der Waals surface area contributed by atoms with Crippen molar-refractivity contribution in [2.45, 2.75) is 0 Å². The molecule has 0 aliphatic rings. The van der Waals surface area contributed by atoms with Crippen LogP contribution in [0, 0.1) is 0 Å². The van der Waals surface area contributed by atoms with Gasteiger partial charge in [-0.3, -0.25) is 0 Å². The molecule has 2 rings (SSSR count). The molecule has 0 saturated heterocycles. The molecular formula is C10H9BrN2O. The standard InChI is InChI=1S/C10H9BrN2O/c1-14-13-6-7-5-12-10-3-2-8(11)4-9(7)10/h2-6,12H,1H3. The number of fused-ring (bicyclic) bond motifs is 1. The fraction of sp³-hybridized carbons (Fsp3) is 0.100. The number of halogens is 1. The summed E-state index contributed by atoms with van der Waals surface area (Å²) in [6.07, 6.45) is 3.59. The third-order valence-corrected chi connectivity index (χ3v) is 2.47. The molecule has 3 nitrogen and oxygen atoms in total.